The molecule has 0 unspecified atom stereocenters. The number of hydrogen-bond donors (Lipinski definition) is 0. The molecule has 6 nitrogen and oxygen atoms in total. The van der Waals surface area contributed by atoms with Gasteiger partial charge in [0.2, 0.25) is 0 Å². The van der Waals surface area contributed by atoms with Crippen molar-refractivity contribution < 1.29 is 14.5 Å². The number of hydrogen-bond acceptors (Lipinski definition) is 4. The minimum Gasteiger partial charge on any atom is -0.484 e. The fraction of sp³-hybridized carbons (Fsp3) is 0.533. The second-order valence-electron chi connectivity index (χ2n) is 5.48. The average molecular weight is 294 g/mol. The van der Waals surface area contributed by atoms with Gasteiger partial charge in [-0.2, -0.15) is 0 Å². The topological polar surface area (TPSA) is 72.7 Å². The number of carbonyl (C=O) groups is 1. The lowest BCUT2D eigenvalue weighted by molar-refractivity contribution is -0.385. The Kier molecular flexibility index (Phi) is 5.69. The molecule has 0 saturated heterocycles. The van der Waals surface area contributed by atoms with E-state index >= 15 is 0 Å². The van der Waals surface area contributed by atoms with Crippen molar-refractivity contribution in [2.45, 2.75) is 46.7 Å². The zero-order chi connectivity index (χ0) is 16.2. The van der Waals surface area contributed by atoms with Crippen molar-refractivity contribution in [3.05, 3.63) is 33.9 Å². The van der Waals surface area contributed by atoms with Crippen LogP contribution in [-0.4, -0.2) is 34.4 Å². The number of benzene rings is 1. The van der Waals surface area contributed by atoms with Crippen LogP contribution in [0.5, 0.6) is 5.75 Å². The van der Waals surface area contributed by atoms with E-state index in [0.717, 1.165) is 0 Å². The summed E-state index contributed by atoms with van der Waals surface area (Å²) in [5, 5.41) is 10.7. The van der Waals surface area contributed by atoms with Crippen LogP contribution in [0.1, 0.15) is 33.3 Å². The van der Waals surface area contributed by atoms with Gasteiger partial charge in [-0.1, -0.05) is 0 Å². The normalized spacial score (nSPS) is 10.8. The molecule has 0 bridgehead atoms. The summed E-state index contributed by atoms with van der Waals surface area (Å²) in [6.07, 6.45) is 0. The Bertz CT molecular complexity index is 518. The standard InChI is InChI=1S/C15H22N2O4/c1-10(2)16(11(3)4)15(18)9-21-13-6-7-14(17(19)20)12(5)8-13/h6-8,10-11H,9H2,1-5H3. The summed E-state index contributed by atoms with van der Waals surface area (Å²) in [5.41, 5.74) is 0.550. The number of aryl methyl sites for hydroxylation is 1. The van der Waals surface area contributed by atoms with Gasteiger partial charge in [0.15, 0.2) is 6.61 Å². The third-order valence-corrected chi connectivity index (χ3v) is 3.13. The molecule has 0 aromatic heterocycles. The van der Waals surface area contributed by atoms with Crippen LogP contribution in [0.2, 0.25) is 0 Å². The lowest BCUT2D eigenvalue weighted by atomic mass is 10.2. The van der Waals surface area contributed by atoms with Crippen LogP contribution in [0.4, 0.5) is 5.69 Å². The molecule has 0 aliphatic heterocycles. The van der Waals surface area contributed by atoms with Crippen molar-refractivity contribution in [2.75, 3.05) is 6.61 Å². The molecule has 0 atom stereocenters. The molecule has 116 valence electrons. The molecule has 0 N–H and O–H groups in total. The van der Waals surface area contributed by atoms with E-state index in [1.54, 1.807) is 17.9 Å². The lowest BCUT2D eigenvalue weighted by Crippen LogP contribution is -2.44. The number of rotatable bonds is 6. The number of ether oxygens (including phenoxy) is 1. The van der Waals surface area contributed by atoms with E-state index in [1.807, 2.05) is 27.7 Å². The van der Waals surface area contributed by atoms with E-state index in [1.165, 1.54) is 12.1 Å². The molecular weight excluding hydrogens is 272 g/mol. The van der Waals surface area contributed by atoms with Crippen molar-refractivity contribution in [3.63, 3.8) is 0 Å². The molecule has 1 aromatic carbocycles. The van der Waals surface area contributed by atoms with Gasteiger partial charge in [0, 0.05) is 23.7 Å². The number of nitro benzene ring substituents is 1. The predicted octanol–water partition coefficient (Wildman–Crippen LogP) is 2.93. The highest BCUT2D eigenvalue weighted by Crippen LogP contribution is 2.23. The summed E-state index contributed by atoms with van der Waals surface area (Å²) in [6, 6.07) is 4.66. The number of nitrogens with zero attached hydrogens (tertiary/aromatic N) is 2. The third-order valence-electron chi connectivity index (χ3n) is 3.13. The molecule has 21 heavy (non-hydrogen) atoms. The van der Waals surface area contributed by atoms with E-state index < -0.39 is 4.92 Å². The van der Waals surface area contributed by atoms with E-state index in [9.17, 15) is 14.9 Å². The Hall–Kier alpha value is -2.11. The average Bonchev–Trinajstić information content (AvgIpc) is 2.35. The Balaban J connectivity index is 2.73. The van der Waals surface area contributed by atoms with Crippen LogP contribution in [0.15, 0.2) is 18.2 Å². The van der Waals surface area contributed by atoms with Crippen LogP contribution < -0.4 is 4.74 Å². The minimum atomic E-state index is -0.441. The zero-order valence-electron chi connectivity index (χ0n) is 13.1. The van der Waals surface area contributed by atoms with Gasteiger partial charge in [0.25, 0.3) is 11.6 Å². The molecule has 0 saturated carbocycles. The molecular formula is C15H22N2O4. The molecule has 0 fully saturated rings. The van der Waals surface area contributed by atoms with E-state index in [0.29, 0.717) is 11.3 Å². The van der Waals surface area contributed by atoms with E-state index in [2.05, 4.69) is 0 Å². The molecule has 1 rings (SSSR count). The maximum Gasteiger partial charge on any atom is 0.272 e. The summed E-state index contributed by atoms with van der Waals surface area (Å²) in [4.78, 5) is 24.2. The highest BCUT2D eigenvalue weighted by Gasteiger charge is 2.20. The molecule has 0 aliphatic rings. The molecule has 0 radical (unpaired) electrons. The van der Waals surface area contributed by atoms with Gasteiger partial charge in [-0.25, -0.2) is 0 Å². The van der Waals surface area contributed by atoms with Gasteiger partial charge in [0.1, 0.15) is 5.75 Å². The Morgan fingerprint density at radius 3 is 2.29 bits per heavy atom. The molecule has 0 spiro atoms. The largest absolute Gasteiger partial charge is 0.484 e. The summed E-state index contributed by atoms with van der Waals surface area (Å²) in [6.45, 7) is 9.37. The van der Waals surface area contributed by atoms with E-state index in [4.69, 9.17) is 4.74 Å². The SMILES string of the molecule is Cc1cc(OCC(=O)N(C(C)C)C(C)C)ccc1[N+](=O)[O-]. The second-order valence-corrected chi connectivity index (χ2v) is 5.48. The van der Waals surface area contributed by atoms with Crippen molar-refractivity contribution in [1.82, 2.24) is 4.90 Å². The molecule has 0 heterocycles. The van der Waals surface area contributed by atoms with Crippen molar-refractivity contribution in [2.24, 2.45) is 0 Å². The quantitative estimate of drug-likeness (QED) is 0.597. The first kappa shape index (κ1) is 16.9. The third kappa shape index (κ3) is 4.44. The molecule has 1 aromatic rings. The first-order valence-corrected chi connectivity index (χ1v) is 6.93. The Labute approximate surface area is 124 Å². The summed E-state index contributed by atoms with van der Waals surface area (Å²) in [5.74, 6) is 0.356. The van der Waals surface area contributed by atoms with Crippen LogP contribution >= 0.6 is 0 Å². The van der Waals surface area contributed by atoms with Gasteiger partial charge in [0.05, 0.1) is 4.92 Å². The molecule has 1 amide bonds. The maximum atomic E-state index is 12.2. The van der Waals surface area contributed by atoms with Gasteiger partial charge in [-0.05, 0) is 46.8 Å². The van der Waals surface area contributed by atoms with Crippen LogP contribution in [0.25, 0.3) is 0 Å². The number of amides is 1. The van der Waals surface area contributed by atoms with Crippen LogP contribution in [0, 0.1) is 17.0 Å². The summed E-state index contributed by atoms with van der Waals surface area (Å²) < 4.78 is 5.45. The summed E-state index contributed by atoms with van der Waals surface area (Å²) >= 11 is 0. The monoisotopic (exact) mass is 294 g/mol. The van der Waals surface area contributed by atoms with Gasteiger partial charge >= 0.3 is 0 Å². The minimum absolute atomic E-state index is 0.0414. The van der Waals surface area contributed by atoms with E-state index in [-0.39, 0.29) is 30.3 Å². The Morgan fingerprint density at radius 1 is 1.29 bits per heavy atom. The van der Waals surface area contributed by atoms with Crippen molar-refractivity contribution >= 4 is 11.6 Å². The number of nitro groups is 1. The fourth-order valence-corrected chi connectivity index (χ4v) is 2.31. The lowest BCUT2D eigenvalue weighted by Gasteiger charge is -2.30. The predicted molar refractivity (Wildman–Crippen MR) is 80.4 cm³/mol. The first-order chi connectivity index (χ1) is 9.73. The Morgan fingerprint density at radius 2 is 1.86 bits per heavy atom. The van der Waals surface area contributed by atoms with Crippen LogP contribution in [0.3, 0.4) is 0 Å². The van der Waals surface area contributed by atoms with Gasteiger partial charge in [-0.3, -0.25) is 14.9 Å². The molecule has 0 aliphatic carbocycles. The summed E-state index contributed by atoms with van der Waals surface area (Å²) in [7, 11) is 0. The van der Waals surface area contributed by atoms with Gasteiger partial charge < -0.3 is 9.64 Å². The van der Waals surface area contributed by atoms with Gasteiger partial charge in [-0.15, -0.1) is 0 Å². The van der Waals surface area contributed by atoms with Crippen molar-refractivity contribution in [1.29, 1.82) is 0 Å². The zero-order valence-corrected chi connectivity index (χ0v) is 13.1. The molecule has 6 heteroatoms. The number of carbonyl (C=O) groups excluding carboxylic acids is 1. The highest BCUT2D eigenvalue weighted by molar-refractivity contribution is 5.78. The van der Waals surface area contributed by atoms with Crippen molar-refractivity contribution in [3.8, 4) is 5.75 Å². The second kappa shape index (κ2) is 7.06. The maximum absolute atomic E-state index is 12.2. The smallest absolute Gasteiger partial charge is 0.272 e. The first-order valence-electron chi connectivity index (χ1n) is 6.93. The fourth-order valence-electron chi connectivity index (χ4n) is 2.31. The van der Waals surface area contributed by atoms with Crippen LogP contribution in [-0.2, 0) is 4.79 Å². The highest BCUT2D eigenvalue weighted by atomic mass is 16.6.